The normalized spacial score (nSPS) is 10.1. The molecule has 0 aliphatic heterocycles. The number of nitrogen functional groups attached to an aromatic ring is 1. The third-order valence-electron chi connectivity index (χ3n) is 2.57. The number of rotatable bonds is 4. The van der Waals surface area contributed by atoms with Crippen LogP contribution in [0.4, 0.5) is 10.1 Å². The highest BCUT2D eigenvalue weighted by molar-refractivity contribution is 5.58. The summed E-state index contributed by atoms with van der Waals surface area (Å²) in [7, 11) is 3.02. The molecule has 2 aromatic rings. The summed E-state index contributed by atoms with van der Waals surface area (Å²) in [5.74, 6) is 1.08. The van der Waals surface area contributed by atoms with Crippen molar-refractivity contribution in [2.24, 2.45) is 0 Å². The van der Waals surface area contributed by atoms with Gasteiger partial charge in [-0.1, -0.05) is 6.07 Å². The first-order valence-electron chi connectivity index (χ1n) is 5.59. The van der Waals surface area contributed by atoms with Crippen LogP contribution in [0.15, 0.2) is 36.4 Å². The predicted octanol–water partition coefficient (Wildman–Crippen LogP) is 3.22. The maximum atomic E-state index is 13.2. The Morgan fingerprint density at radius 1 is 0.947 bits per heavy atom. The van der Waals surface area contributed by atoms with Gasteiger partial charge < -0.3 is 19.9 Å². The first-order valence-corrected chi connectivity index (χ1v) is 5.59. The van der Waals surface area contributed by atoms with Crippen molar-refractivity contribution >= 4 is 5.69 Å². The second-order valence-electron chi connectivity index (χ2n) is 3.78. The van der Waals surface area contributed by atoms with E-state index in [0.717, 1.165) is 0 Å². The van der Waals surface area contributed by atoms with Crippen molar-refractivity contribution in [2.75, 3.05) is 20.0 Å². The van der Waals surface area contributed by atoms with Crippen molar-refractivity contribution < 1.29 is 18.6 Å². The van der Waals surface area contributed by atoms with E-state index in [9.17, 15) is 4.39 Å². The van der Waals surface area contributed by atoms with Crippen LogP contribution in [0.5, 0.6) is 23.0 Å². The maximum Gasteiger partial charge on any atom is 0.211 e. The van der Waals surface area contributed by atoms with E-state index in [-0.39, 0.29) is 5.75 Å². The number of hydrogen-bond acceptors (Lipinski definition) is 4. The zero-order valence-electron chi connectivity index (χ0n) is 10.6. The Kier molecular flexibility index (Phi) is 3.75. The molecule has 0 amide bonds. The fraction of sp³-hybridized carbons (Fsp3) is 0.143. The number of para-hydroxylation sites is 1. The molecule has 0 aliphatic carbocycles. The van der Waals surface area contributed by atoms with Gasteiger partial charge in [0.15, 0.2) is 17.2 Å². The average molecular weight is 263 g/mol. The van der Waals surface area contributed by atoms with Crippen molar-refractivity contribution in [3.05, 3.63) is 42.2 Å². The largest absolute Gasteiger partial charge is 0.493 e. The molecule has 2 rings (SSSR count). The summed E-state index contributed by atoms with van der Waals surface area (Å²) in [6, 6.07) is 9.11. The molecule has 0 aliphatic rings. The van der Waals surface area contributed by atoms with E-state index < -0.39 is 5.82 Å². The van der Waals surface area contributed by atoms with E-state index in [1.165, 1.54) is 32.4 Å². The van der Waals surface area contributed by atoms with Crippen molar-refractivity contribution in [3.8, 4) is 23.0 Å². The molecule has 0 bridgehead atoms. The fourth-order valence-electron chi connectivity index (χ4n) is 1.62. The van der Waals surface area contributed by atoms with Crippen LogP contribution in [-0.2, 0) is 0 Å². The van der Waals surface area contributed by atoms with E-state index in [1.54, 1.807) is 18.2 Å². The standard InChI is InChI=1S/C14H14FNO3/c1-17-11-4-3-5-12(18-2)14(11)19-13-8-9(15)6-7-10(13)16/h3-8H,16H2,1-2H3. The third-order valence-corrected chi connectivity index (χ3v) is 2.57. The smallest absolute Gasteiger partial charge is 0.211 e. The summed E-state index contributed by atoms with van der Waals surface area (Å²) in [6.07, 6.45) is 0. The molecule has 0 saturated carbocycles. The molecular weight excluding hydrogens is 249 g/mol. The molecule has 0 spiro atoms. The van der Waals surface area contributed by atoms with Gasteiger partial charge in [0.2, 0.25) is 5.75 Å². The second kappa shape index (κ2) is 5.48. The van der Waals surface area contributed by atoms with Crippen LogP contribution in [0.1, 0.15) is 0 Å². The number of halogens is 1. The minimum Gasteiger partial charge on any atom is -0.493 e. The predicted molar refractivity (Wildman–Crippen MR) is 70.4 cm³/mol. The lowest BCUT2D eigenvalue weighted by atomic mass is 10.2. The topological polar surface area (TPSA) is 53.7 Å². The SMILES string of the molecule is COc1cccc(OC)c1Oc1cc(F)ccc1N. The molecule has 2 N–H and O–H groups in total. The van der Waals surface area contributed by atoms with E-state index in [2.05, 4.69) is 0 Å². The van der Waals surface area contributed by atoms with Crippen molar-refractivity contribution in [1.29, 1.82) is 0 Å². The summed E-state index contributed by atoms with van der Waals surface area (Å²) in [5.41, 5.74) is 6.08. The number of methoxy groups -OCH3 is 2. The molecule has 0 fully saturated rings. The summed E-state index contributed by atoms with van der Waals surface area (Å²) in [5, 5.41) is 0. The summed E-state index contributed by atoms with van der Waals surface area (Å²) in [4.78, 5) is 0. The minimum absolute atomic E-state index is 0.211. The van der Waals surface area contributed by atoms with Gasteiger partial charge in [-0.25, -0.2) is 4.39 Å². The Morgan fingerprint density at radius 3 is 2.16 bits per heavy atom. The zero-order chi connectivity index (χ0) is 13.8. The zero-order valence-corrected chi connectivity index (χ0v) is 10.6. The van der Waals surface area contributed by atoms with E-state index >= 15 is 0 Å². The van der Waals surface area contributed by atoms with Gasteiger partial charge in [0.1, 0.15) is 5.82 Å². The van der Waals surface area contributed by atoms with E-state index in [0.29, 0.717) is 22.9 Å². The Morgan fingerprint density at radius 2 is 1.58 bits per heavy atom. The molecular formula is C14H14FNO3. The van der Waals surface area contributed by atoms with Gasteiger partial charge in [-0.05, 0) is 24.3 Å². The second-order valence-corrected chi connectivity index (χ2v) is 3.78. The molecule has 2 aromatic carbocycles. The molecule has 0 saturated heterocycles. The van der Waals surface area contributed by atoms with Crippen LogP contribution in [0.25, 0.3) is 0 Å². The van der Waals surface area contributed by atoms with E-state index in [4.69, 9.17) is 19.9 Å². The highest BCUT2D eigenvalue weighted by atomic mass is 19.1. The number of nitrogens with two attached hydrogens (primary N) is 1. The molecule has 100 valence electrons. The van der Waals surface area contributed by atoms with Crippen molar-refractivity contribution in [1.82, 2.24) is 0 Å². The third kappa shape index (κ3) is 2.70. The highest BCUT2D eigenvalue weighted by Gasteiger charge is 2.14. The van der Waals surface area contributed by atoms with Crippen LogP contribution < -0.4 is 19.9 Å². The fourth-order valence-corrected chi connectivity index (χ4v) is 1.62. The molecule has 0 heterocycles. The maximum absolute atomic E-state index is 13.2. The molecule has 4 nitrogen and oxygen atoms in total. The average Bonchev–Trinajstić information content (AvgIpc) is 2.43. The van der Waals surface area contributed by atoms with Crippen LogP contribution in [0, 0.1) is 5.82 Å². The van der Waals surface area contributed by atoms with Crippen LogP contribution in [-0.4, -0.2) is 14.2 Å². The highest BCUT2D eigenvalue weighted by Crippen LogP contribution is 2.41. The summed E-state index contributed by atoms with van der Waals surface area (Å²) in [6.45, 7) is 0. The lowest BCUT2D eigenvalue weighted by molar-refractivity contribution is 0.346. The van der Waals surface area contributed by atoms with Gasteiger partial charge in [0, 0.05) is 6.07 Å². The molecule has 0 aromatic heterocycles. The van der Waals surface area contributed by atoms with Gasteiger partial charge in [-0.3, -0.25) is 0 Å². The van der Waals surface area contributed by atoms with Crippen LogP contribution in [0.2, 0.25) is 0 Å². The van der Waals surface area contributed by atoms with Crippen molar-refractivity contribution in [2.45, 2.75) is 0 Å². The van der Waals surface area contributed by atoms with Gasteiger partial charge in [-0.2, -0.15) is 0 Å². The monoisotopic (exact) mass is 263 g/mol. The van der Waals surface area contributed by atoms with Crippen molar-refractivity contribution in [3.63, 3.8) is 0 Å². The molecule has 0 atom stereocenters. The lowest BCUT2D eigenvalue weighted by Gasteiger charge is -2.14. The summed E-state index contributed by atoms with van der Waals surface area (Å²) < 4.78 is 29.2. The first kappa shape index (κ1) is 13.0. The number of benzene rings is 2. The van der Waals surface area contributed by atoms with Crippen LogP contribution >= 0.6 is 0 Å². The summed E-state index contributed by atoms with van der Waals surface area (Å²) >= 11 is 0. The number of ether oxygens (including phenoxy) is 3. The quantitative estimate of drug-likeness (QED) is 0.860. The lowest BCUT2D eigenvalue weighted by Crippen LogP contribution is -1.97. The molecule has 5 heteroatoms. The molecule has 19 heavy (non-hydrogen) atoms. The van der Waals surface area contributed by atoms with Gasteiger partial charge >= 0.3 is 0 Å². The molecule has 0 unspecified atom stereocenters. The van der Waals surface area contributed by atoms with Gasteiger partial charge in [-0.15, -0.1) is 0 Å². The Bertz CT molecular complexity index is 565. The Hall–Kier alpha value is -2.43. The first-order chi connectivity index (χ1) is 9.15. The van der Waals surface area contributed by atoms with E-state index in [1.807, 2.05) is 0 Å². The number of anilines is 1. The number of hydrogen-bond donors (Lipinski definition) is 1. The van der Waals surface area contributed by atoms with Gasteiger partial charge in [0.05, 0.1) is 19.9 Å². The minimum atomic E-state index is -0.432. The van der Waals surface area contributed by atoms with Gasteiger partial charge in [0.25, 0.3) is 0 Å². The Balaban J connectivity index is 2.45. The van der Waals surface area contributed by atoms with Crippen LogP contribution in [0.3, 0.4) is 0 Å². The Labute approximate surface area is 110 Å². The molecule has 0 radical (unpaired) electrons.